The largest absolute Gasteiger partial charge is 0.489 e. The molecule has 0 spiro atoms. The van der Waals surface area contributed by atoms with Crippen molar-refractivity contribution in [2.24, 2.45) is 0 Å². The number of H-pyrrole nitrogens is 1. The zero-order chi connectivity index (χ0) is 34.5. The number of fused-ring (bicyclic) bond motifs is 1. The quantitative estimate of drug-likeness (QED) is 0.218. The van der Waals surface area contributed by atoms with E-state index in [0.717, 1.165) is 22.2 Å². The Hall–Kier alpha value is -5.06. The summed E-state index contributed by atoms with van der Waals surface area (Å²) in [5.74, 6) is -0.0629. The Morgan fingerprint density at radius 1 is 0.875 bits per heavy atom. The van der Waals surface area contributed by atoms with E-state index in [4.69, 9.17) is 9.47 Å². The van der Waals surface area contributed by atoms with Gasteiger partial charge in [-0.15, -0.1) is 0 Å². The van der Waals surface area contributed by atoms with Crippen LogP contribution in [0.15, 0.2) is 83.7 Å². The van der Waals surface area contributed by atoms with Gasteiger partial charge in [-0.1, -0.05) is 54.6 Å². The van der Waals surface area contributed by atoms with Crippen molar-refractivity contribution >= 4 is 28.9 Å². The van der Waals surface area contributed by atoms with Gasteiger partial charge in [0.25, 0.3) is 0 Å². The number of aromatic nitrogens is 2. The third-order valence-corrected chi connectivity index (χ3v) is 8.36. The summed E-state index contributed by atoms with van der Waals surface area (Å²) in [6, 6.07) is 23.9. The number of piperidine rings is 1. The number of aromatic amines is 1. The second kappa shape index (κ2) is 14.4. The van der Waals surface area contributed by atoms with Crippen LogP contribution in [0.3, 0.4) is 0 Å². The molecule has 1 saturated heterocycles. The number of nitrogens with zero attached hydrogens (tertiary/aromatic N) is 2. The molecular weight excluding hydrogens is 610 g/mol. The van der Waals surface area contributed by atoms with Crippen molar-refractivity contribution in [2.45, 2.75) is 83.7 Å². The molecule has 1 aliphatic heterocycles. The van der Waals surface area contributed by atoms with Crippen LogP contribution in [0.5, 0.6) is 5.75 Å². The number of amides is 3. The SMILES string of the molecule is CC(C)(C)OC(=O)NC(C)(C)C(=O)NC(Cc1ccc(OCc2ccccc2)cc1)C(=O)N1CCC(n2c(=O)[nH]c3ccccc32)CC1. The van der Waals surface area contributed by atoms with Gasteiger partial charge in [0, 0.05) is 25.6 Å². The number of carbonyl (C=O) groups excluding carboxylic acids is 3. The van der Waals surface area contributed by atoms with Crippen LogP contribution in [0.1, 0.15) is 64.6 Å². The lowest BCUT2D eigenvalue weighted by atomic mass is 9.99. The molecule has 0 aliphatic carbocycles. The number of hydrogen-bond donors (Lipinski definition) is 3. The van der Waals surface area contributed by atoms with Crippen LogP contribution in [0.2, 0.25) is 0 Å². The number of hydrogen-bond acceptors (Lipinski definition) is 6. The summed E-state index contributed by atoms with van der Waals surface area (Å²) in [4.78, 5) is 57.6. The lowest BCUT2D eigenvalue weighted by Gasteiger charge is -2.36. The zero-order valence-corrected chi connectivity index (χ0v) is 28.2. The molecule has 1 fully saturated rings. The fourth-order valence-electron chi connectivity index (χ4n) is 5.85. The maximum absolute atomic E-state index is 14.1. The molecule has 5 rings (SSSR count). The Morgan fingerprint density at radius 2 is 1.52 bits per heavy atom. The van der Waals surface area contributed by atoms with E-state index in [1.165, 1.54) is 0 Å². The van der Waals surface area contributed by atoms with E-state index in [1.807, 2.05) is 78.9 Å². The average molecular weight is 656 g/mol. The fourth-order valence-corrected chi connectivity index (χ4v) is 5.85. The molecule has 1 atom stereocenters. The topological polar surface area (TPSA) is 135 Å². The monoisotopic (exact) mass is 655 g/mol. The van der Waals surface area contributed by atoms with Gasteiger partial charge in [0.05, 0.1) is 11.0 Å². The van der Waals surface area contributed by atoms with E-state index in [2.05, 4.69) is 15.6 Å². The van der Waals surface area contributed by atoms with Crippen molar-refractivity contribution in [3.8, 4) is 5.75 Å². The van der Waals surface area contributed by atoms with Gasteiger partial charge in [-0.2, -0.15) is 0 Å². The summed E-state index contributed by atoms with van der Waals surface area (Å²) in [5, 5.41) is 5.54. The molecule has 0 saturated carbocycles. The lowest BCUT2D eigenvalue weighted by molar-refractivity contribution is -0.138. The van der Waals surface area contributed by atoms with Crippen LogP contribution in [-0.2, 0) is 27.4 Å². The molecule has 3 amide bonds. The molecule has 254 valence electrons. The van der Waals surface area contributed by atoms with Crippen LogP contribution in [-0.4, -0.2) is 62.6 Å². The van der Waals surface area contributed by atoms with E-state index in [1.54, 1.807) is 44.1 Å². The molecule has 48 heavy (non-hydrogen) atoms. The molecule has 1 aliphatic rings. The van der Waals surface area contributed by atoms with Gasteiger partial charge in [0.15, 0.2) is 0 Å². The molecule has 3 aromatic carbocycles. The predicted molar refractivity (Wildman–Crippen MR) is 184 cm³/mol. The summed E-state index contributed by atoms with van der Waals surface area (Å²) in [6.45, 7) is 9.63. The minimum atomic E-state index is -1.36. The number of nitrogens with one attached hydrogen (secondary N) is 3. The van der Waals surface area contributed by atoms with Crippen molar-refractivity contribution < 1.29 is 23.9 Å². The molecule has 2 heterocycles. The van der Waals surface area contributed by atoms with Gasteiger partial charge in [0.1, 0.15) is 29.5 Å². The van der Waals surface area contributed by atoms with Gasteiger partial charge in [0.2, 0.25) is 11.8 Å². The Bertz CT molecular complexity index is 1780. The number of likely N-dealkylation sites (tertiary alicyclic amines) is 1. The van der Waals surface area contributed by atoms with Crippen molar-refractivity contribution in [2.75, 3.05) is 13.1 Å². The number of carbonyl (C=O) groups is 3. The van der Waals surface area contributed by atoms with E-state index < -0.39 is 29.2 Å². The van der Waals surface area contributed by atoms with E-state index in [0.29, 0.717) is 38.3 Å². The highest BCUT2D eigenvalue weighted by atomic mass is 16.6. The van der Waals surface area contributed by atoms with Crippen molar-refractivity contribution in [3.05, 3.63) is 100 Å². The molecular formula is C37H45N5O6. The van der Waals surface area contributed by atoms with E-state index >= 15 is 0 Å². The van der Waals surface area contributed by atoms with Crippen LogP contribution in [0, 0.1) is 0 Å². The molecule has 3 N–H and O–H groups in total. The summed E-state index contributed by atoms with van der Waals surface area (Å²) >= 11 is 0. The first-order chi connectivity index (χ1) is 22.8. The van der Waals surface area contributed by atoms with Crippen LogP contribution < -0.4 is 21.1 Å². The summed E-state index contributed by atoms with van der Waals surface area (Å²) in [7, 11) is 0. The smallest absolute Gasteiger partial charge is 0.408 e. The van der Waals surface area contributed by atoms with Crippen LogP contribution in [0.4, 0.5) is 4.79 Å². The minimum Gasteiger partial charge on any atom is -0.489 e. The molecule has 4 aromatic rings. The van der Waals surface area contributed by atoms with Gasteiger partial charge in [-0.3, -0.25) is 14.2 Å². The lowest BCUT2D eigenvalue weighted by Crippen LogP contribution is -2.60. The van der Waals surface area contributed by atoms with Crippen LogP contribution in [0.25, 0.3) is 11.0 Å². The third kappa shape index (κ3) is 8.64. The number of ether oxygens (including phenoxy) is 2. The van der Waals surface area contributed by atoms with Gasteiger partial charge in [-0.05, 0) is 82.9 Å². The number of rotatable bonds is 10. The second-order valence-electron chi connectivity index (χ2n) is 13.8. The first kappa shape index (κ1) is 34.3. The number of para-hydroxylation sites is 2. The second-order valence-corrected chi connectivity index (χ2v) is 13.8. The fraction of sp³-hybridized carbons (Fsp3) is 0.405. The third-order valence-electron chi connectivity index (χ3n) is 8.36. The first-order valence-corrected chi connectivity index (χ1v) is 16.3. The maximum atomic E-state index is 14.1. The molecule has 11 nitrogen and oxygen atoms in total. The van der Waals surface area contributed by atoms with Crippen molar-refractivity contribution in [1.82, 2.24) is 25.1 Å². The molecule has 11 heteroatoms. The van der Waals surface area contributed by atoms with Crippen molar-refractivity contribution in [1.29, 1.82) is 0 Å². The highest BCUT2D eigenvalue weighted by molar-refractivity contribution is 5.93. The first-order valence-electron chi connectivity index (χ1n) is 16.3. The van der Waals surface area contributed by atoms with Gasteiger partial charge < -0.3 is 30.0 Å². The number of alkyl carbamates (subject to hydrolysis) is 1. The molecule has 1 aromatic heterocycles. The number of imidazole rings is 1. The summed E-state index contributed by atoms with van der Waals surface area (Å²) in [6.07, 6.45) is 0.681. The highest BCUT2D eigenvalue weighted by Crippen LogP contribution is 2.26. The Kier molecular flexibility index (Phi) is 10.3. The van der Waals surface area contributed by atoms with Gasteiger partial charge in [-0.25, -0.2) is 9.59 Å². The molecule has 1 unspecified atom stereocenters. The average Bonchev–Trinajstić information content (AvgIpc) is 3.38. The maximum Gasteiger partial charge on any atom is 0.408 e. The molecule has 0 radical (unpaired) electrons. The Labute approximate surface area is 280 Å². The van der Waals surface area contributed by atoms with Crippen molar-refractivity contribution in [3.63, 3.8) is 0 Å². The number of benzene rings is 3. The Balaban J connectivity index is 1.29. The van der Waals surface area contributed by atoms with Crippen LogP contribution >= 0.6 is 0 Å². The zero-order valence-electron chi connectivity index (χ0n) is 28.2. The highest BCUT2D eigenvalue weighted by Gasteiger charge is 2.36. The van der Waals surface area contributed by atoms with E-state index in [-0.39, 0.29) is 24.1 Å². The minimum absolute atomic E-state index is 0.0638. The molecule has 0 bridgehead atoms. The van der Waals surface area contributed by atoms with Gasteiger partial charge >= 0.3 is 11.8 Å². The van der Waals surface area contributed by atoms with E-state index in [9.17, 15) is 19.2 Å². The predicted octanol–water partition coefficient (Wildman–Crippen LogP) is 5.10. The normalized spacial score (nSPS) is 14.7. The standard InChI is InChI=1S/C37H45N5O6/c1-36(2,3)48-35(46)40-37(4,5)33(44)38-30(23-25-15-17-28(18-16-25)47-24-26-11-7-6-8-12-26)32(43)41-21-19-27(20-22-41)42-31-14-10-9-13-29(31)39-34(42)45/h6-18,27,30H,19-24H2,1-5H3,(H,38,44)(H,39,45)(H,40,46). The summed E-state index contributed by atoms with van der Waals surface area (Å²) < 4.78 is 13.1. The summed E-state index contributed by atoms with van der Waals surface area (Å²) in [5.41, 5.74) is 1.24. The Morgan fingerprint density at radius 3 is 2.19 bits per heavy atom.